The lowest BCUT2D eigenvalue weighted by Crippen LogP contribution is -2.41. The maximum Gasteiger partial charge on any atom is 0.223 e. The molecule has 2 aliphatic heterocycles. The summed E-state index contributed by atoms with van der Waals surface area (Å²) in [5.41, 5.74) is 0.958. The largest absolute Gasteiger partial charge is 0.343 e. The number of hydrogen-bond donors (Lipinski definition) is 0. The molecule has 10 heteroatoms. The van der Waals surface area contributed by atoms with Crippen LogP contribution in [0.4, 0.5) is 0 Å². The normalized spacial score (nSPS) is 21.7. The lowest BCUT2D eigenvalue weighted by molar-refractivity contribution is -0.132. The lowest BCUT2D eigenvalue weighted by Gasteiger charge is -2.35. The molecule has 184 valence electrons. The fourth-order valence-corrected chi connectivity index (χ4v) is 7.50. The van der Waals surface area contributed by atoms with Gasteiger partial charge in [-0.05, 0) is 53.8 Å². The predicted octanol–water partition coefficient (Wildman–Crippen LogP) is 4.69. The van der Waals surface area contributed by atoms with Crippen LogP contribution >= 0.6 is 23.4 Å². The number of carbonyl (C=O) groups excluding carboxylic acids is 1. The van der Waals surface area contributed by atoms with Gasteiger partial charge in [-0.3, -0.25) is 9.79 Å². The number of likely N-dealkylation sites (tertiary alicyclic amines) is 1. The topological polar surface area (TPSA) is 74.4 Å². The summed E-state index contributed by atoms with van der Waals surface area (Å²) in [6, 6.07) is 10.3. The number of carbonyl (C=O) groups is 1. The molecule has 4 rings (SSSR count). The molecule has 0 radical (unpaired) electrons. The van der Waals surface area contributed by atoms with E-state index >= 15 is 0 Å². The number of aliphatic imine (C=N–C) groups is 1. The van der Waals surface area contributed by atoms with Crippen LogP contribution in [0, 0.1) is 12.5 Å². The summed E-state index contributed by atoms with van der Waals surface area (Å²) >= 11 is 7.68. The van der Waals surface area contributed by atoms with Crippen molar-refractivity contribution in [3.8, 4) is 0 Å². The quantitative estimate of drug-likeness (QED) is 0.524. The molecule has 2 heterocycles. The van der Waals surface area contributed by atoms with Crippen LogP contribution < -0.4 is 0 Å². The lowest BCUT2D eigenvalue weighted by atomic mass is 9.91. The number of halogens is 1. The second-order valence-corrected chi connectivity index (χ2v) is 12.4. The van der Waals surface area contributed by atoms with Crippen LogP contribution in [0.3, 0.4) is 0 Å². The Morgan fingerprint density at radius 2 is 1.91 bits per heavy atom. The highest BCUT2D eigenvalue weighted by molar-refractivity contribution is 8.14. The van der Waals surface area contributed by atoms with Crippen LogP contribution in [0.1, 0.15) is 19.3 Å². The van der Waals surface area contributed by atoms with Crippen molar-refractivity contribution in [1.29, 1.82) is 0 Å². The molecule has 0 bridgehead atoms. The number of thioether (sulfide) groups is 1. The molecule has 0 N–H and O–H groups in total. The van der Waals surface area contributed by atoms with E-state index in [1.807, 2.05) is 11.9 Å². The molecule has 0 aliphatic carbocycles. The average molecular weight is 531 g/mol. The molecule has 0 spiro atoms. The second-order valence-electron chi connectivity index (χ2n) is 8.73. The molecule has 1 unspecified atom stereocenters. The van der Waals surface area contributed by atoms with Crippen molar-refractivity contribution in [3.05, 3.63) is 64.7 Å². The van der Waals surface area contributed by atoms with Crippen LogP contribution in [0.15, 0.2) is 58.2 Å². The predicted molar refractivity (Wildman–Crippen MR) is 142 cm³/mol. The number of rotatable bonds is 5. The van der Waals surface area contributed by atoms with E-state index in [1.165, 1.54) is 0 Å². The summed E-state index contributed by atoms with van der Waals surface area (Å²) in [6.07, 6.45) is 3.15. The first-order valence-corrected chi connectivity index (χ1v) is 14.3. The molecule has 2 fully saturated rings. The maximum absolute atomic E-state index is 12.9. The number of piperidine rings is 1. The van der Waals surface area contributed by atoms with E-state index in [4.69, 9.17) is 18.2 Å². The van der Waals surface area contributed by atoms with E-state index in [9.17, 15) is 13.2 Å². The number of amides is 1. The number of benzene rings is 2. The highest BCUT2D eigenvalue weighted by Gasteiger charge is 2.38. The Bertz CT molecular complexity index is 1340. The van der Waals surface area contributed by atoms with Gasteiger partial charge in [-0.25, -0.2) is 13.3 Å². The van der Waals surface area contributed by atoms with Crippen molar-refractivity contribution < 1.29 is 13.2 Å². The fraction of sp³-hybridized carbons (Fsp3) is 0.400. The molecule has 0 aromatic heterocycles. The Balaban J connectivity index is 1.35. The Labute approximate surface area is 215 Å². The van der Waals surface area contributed by atoms with E-state index in [2.05, 4.69) is 9.84 Å². The van der Waals surface area contributed by atoms with Gasteiger partial charge in [0.15, 0.2) is 21.2 Å². The minimum Gasteiger partial charge on any atom is -0.343 e. The Morgan fingerprint density at radius 3 is 2.60 bits per heavy atom. The fourth-order valence-electron chi connectivity index (χ4n) is 4.66. The Morgan fingerprint density at radius 1 is 1.23 bits per heavy atom. The van der Waals surface area contributed by atoms with Crippen molar-refractivity contribution in [2.24, 2.45) is 10.9 Å². The molecule has 2 aromatic carbocycles. The number of sulfone groups is 1. The first-order chi connectivity index (χ1) is 16.7. The van der Waals surface area contributed by atoms with E-state index in [0.29, 0.717) is 24.0 Å². The van der Waals surface area contributed by atoms with E-state index in [1.54, 1.807) is 66.3 Å². The first-order valence-electron chi connectivity index (χ1n) is 11.4. The molecular formula is C25H27ClN4O3S2. The minimum absolute atomic E-state index is 0.0396. The van der Waals surface area contributed by atoms with Crippen molar-refractivity contribution in [1.82, 2.24) is 9.80 Å². The van der Waals surface area contributed by atoms with Crippen molar-refractivity contribution in [2.75, 3.05) is 32.9 Å². The van der Waals surface area contributed by atoms with Crippen LogP contribution in [0.5, 0.6) is 0 Å². The van der Waals surface area contributed by atoms with Gasteiger partial charge >= 0.3 is 0 Å². The van der Waals surface area contributed by atoms with Crippen LogP contribution in [-0.2, 0) is 14.6 Å². The van der Waals surface area contributed by atoms with Crippen molar-refractivity contribution in [3.63, 3.8) is 0 Å². The second kappa shape index (κ2) is 10.6. The summed E-state index contributed by atoms with van der Waals surface area (Å²) in [4.78, 5) is 24.6. The van der Waals surface area contributed by atoms with Crippen molar-refractivity contribution in [2.45, 2.75) is 29.4 Å². The number of hydrogen-bond acceptors (Lipinski definition) is 5. The third kappa shape index (κ3) is 5.50. The van der Waals surface area contributed by atoms with Crippen LogP contribution in [-0.4, -0.2) is 67.5 Å². The smallest absolute Gasteiger partial charge is 0.223 e. The number of amidine groups is 1. The van der Waals surface area contributed by atoms with Gasteiger partial charge in [0, 0.05) is 49.6 Å². The van der Waals surface area contributed by atoms with Gasteiger partial charge in [0.1, 0.15) is 0 Å². The van der Waals surface area contributed by atoms with Gasteiger partial charge in [-0.1, -0.05) is 35.5 Å². The monoisotopic (exact) mass is 530 g/mol. The van der Waals surface area contributed by atoms with E-state index in [0.717, 1.165) is 34.5 Å². The zero-order chi connectivity index (χ0) is 25.2. The molecule has 2 aromatic rings. The summed E-state index contributed by atoms with van der Waals surface area (Å²) in [6.45, 7) is 8.42. The number of fused-ring (bicyclic) bond motifs is 1. The highest BCUT2D eigenvalue weighted by atomic mass is 35.5. The van der Waals surface area contributed by atoms with E-state index in [-0.39, 0.29) is 28.2 Å². The van der Waals surface area contributed by atoms with Crippen molar-refractivity contribution >= 4 is 55.0 Å². The molecule has 2 aliphatic rings. The van der Waals surface area contributed by atoms with Gasteiger partial charge in [-0.15, -0.1) is 0 Å². The highest BCUT2D eigenvalue weighted by Crippen LogP contribution is 2.41. The molecule has 35 heavy (non-hydrogen) atoms. The Hall–Kier alpha value is -2.54. The standard InChI is InChI=1S/C25H27ClN4O3S2/c1-27-16-22-24(34-25(28-2)29(22)3)17-8-11-30(12-9-17)23(31)10-13-35(32,33)21-7-5-18-14-20(26)6-4-19(18)15-21/h4-7,14-17,24H,8-13H2,2-3H3. The third-order valence-corrected chi connectivity index (χ3v) is 10.1. The van der Waals surface area contributed by atoms with Crippen LogP contribution in [0.2, 0.25) is 5.02 Å². The zero-order valence-corrected chi connectivity index (χ0v) is 22.0. The molecule has 7 nitrogen and oxygen atoms in total. The van der Waals surface area contributed by atoms with Gasteiger partial charge in [0.2, 0.25) is 5.91 Å². The third-order valence-electron chi connectivity index (χ3n) is 6.62. The summed E-state index contributed by atoms with van der Waals surface area (Å²) in [5, 5.41) is 3.30. The first kappa shape index (κ1) is 25.5. The maximum atomic E-state index is 12.9. The molecule has 1 atom stereocenters. The molecular weight excluding hydrogens is 504 g/mol. The van der Waals surface area contributed by atoms with Gasteiger partial charge < -0.3 is 9.80 Å². The van der Waals surface area contributed by atoms with Gasteiger partial charge in [-0.2, -0.15) is 0 Å². The Kier molecular flexibility index (Phi) is 7.74. The zero-order valence-electron chi connectivity index (χ0n) is 19.6. The van der Waals surface area contributed by atoms with E-state index < -0.39 is 9.84 Å². The molecule has 1 amide bonds. The molecule has 0 saturated carbocycles. The average Bonchev–Trinajstić information content (AvgIpc) is 3.17. The molecule has 2 saturated heterocycles. The van der Waals surface area contributed by atoms with Gasteiger partial charge in [0.25, 0.3) is 0 Å². The minimum atomic E-state index is -3.59. The van der Waals surface area contributed by atoms with Gasteiger partial charge in [0.05, 0.1) is 17.2 Å². The summed E-state index contributed by atoms with van der Waals surface area (Å²) in [7, 11) is 0.0898. The number of nitrogens with zero attached hydrogens (tertiary/aromatic N) is 4. The summed E-state index contributed by atoms with van der Waals surface area (Å²) < 4.78 is 25.8. The SMILES string of the molecule is [C-]#[N+]C=C1C(C2CCN(C(=O)CCS(=O)(=O)c3ccc4cc(Cl)ccc4c3)CC2)SC(=NC)N1C. The summed E-state index contributed by atoms with van der Waals surface area (Å²) in [5.74, 6) is -0.0281. The van der Waals surface area contributed by atoms with Crippen LogP contribution in [0.25, 0.3) is 15.6 Å².